The normalized spacial score (nSPS) is 11.9. The Morgan fingerprint density at radius 1 is 0.800 bits per heavy atom. The van der Waals surface area contributed by atoms with E-state index in [1.807, 2.05) is 36.4 Å². The number of rotatable bonds is 11. The van der Waals surface area contributed by atoms with Crippen LogP contribution in [-0.4, -0.2) is 49.9 Å². The van der Waals surface area contributed by atoms with Gasteiger partial charge in [0.25, 0.3) is 15.9 Å². The lowest BCUT2D eigenvalue weighted by Gasteiger charge is -2.26. The van der Waals surface area contributed by atoms with Crippen molar-refractivity contribution in [3.05, 3.63) is 132 Å². The second kappa shape index (κ2) is 12.6. The van der Waals surface area contributed by atoms with Crippen LogP contribution < -0.4 is 4.31 Å². The van der Waals surface area contributed by atoms with Crippen molar-refractivity contribution in [3.63, 3.8) is 0 Å². The Kier molecular flexibility index (Phi) is 8.96. The first-order valence-electron chi connectivity index (χ1n) is 12.6. The Bertz CT molecular complexity index is 1550. The van der Waals surface area contributed by atoms with Gasteiger partial charge >= 0.3 is 5.97 Å². The molecule has 0 fully saturated rings. The molecular weight excluding hydrogens is 531 g/mol. The number of halogens is 1. The van der Waals surface area contributed by atoms with Gasteiger partial charge in [-0.25, -0.2) is 17.6 Å². The fourth-order valence-electron chi connectivity index (χ4n) is 4.34. The van der Waals surface area contributed by atoms with Gasteiger partial charge in [-0.1, -0.05) is 60.7 Å². The molecule has 40 heavy (non-hydrogen) atoms. The SMILES string of the molecule is CN(C(=O)c1ccc(N(CCc2ccccc2)S(=O)(=O)c2ccc(F)cc2)cc1)[C@@H](Cc1ccccc1)C(=O)O. The van der Waals surface area contributed by atoms with E-state index in [9.17, 15) is 27.5 Å². The van der Waals surface area contributed by atoms with Gasteiger partial charge in [0.1, 0.15) is 11.9 Å². The van der Waals surface area contributed by atoms with Crippen molar-refractivity contribution >= 4 is 27.6 Å². The molecule has 0 aliphatic heterocycles. The highest BCUT2D eigenvalue weighted by Gasteiger charge is 2.29. The van der Waals surface area contributed by atoms with E-state index < -0.39 is 33.8 Å². The van der Waals surface area contributed by atoms with Gasteiger partial charge < -0.3 is 10.0 Å². The van der Waals surface area contributed by atoms with Gasteiger partial charge in [-0.3, -0.25) is 9.10 Å². The first-order valence-corrected chi connectivity index (χ1v) is 14.1. The molecule has 0 aliphatic rings. The molecule has 7 nitrogen and oxygen atoms in total. The van der Waals surface area contributed by atoms with Gasteiger partial charge in [0.15, 0.2) is 0 Å². The minimum Gasteiger partial charge on any atom is -0.480 e. The number of carbonyl (C=O) groups is 2. The van der Waals surface area contributed by atoms with Gasteiger partial charge in [-0.05, 0) is 66.1 Å². The molecule has 0 bridgehead atoms. The van der Waals surface area contributed by atoms with E-state index in [4.69, 9.17) is 0 Å². The molecule has 4 aromatic carbocycles. The average Bonchev–Trinajstić information content (AvgIpc) is 2.96. The molecule has 4 rings (SSSR count). The fraction of sp³-hybridized carbons (Fsp3) is 0.161. The Morgan fingerprint density at radius 2 is 1.35 bits per heavy atom. The van der Waals surface area contributed by atoms with Crippen molar-refractivity contribution in [2.45, 2.75) is 23.8 Å². The Balaban J connectivity index is 1.60. The summed E-state index contributed by atoms with van der Waals surface area (Å²) < 4.78 is 41.9. The van der Waals surface area contributed by atoms with Crippen LogP contribution in [0.5, 0.6) is 0 Å². The zero-order chi connectivity index (χ0) is 28.7. The van der Waals surface area contributed by atoms with E-state index in [0.717, 1.165) is 23.3 Å². The maximum atomic E-state index is 13.6. The zero-order valence-corrected chi connectivity index (χ0v) is 22.7. The Morgan fingerprint density at radius 3 is 1.90 bits per heavy atom. The van der Waals surface area contributed by atoms with Crippen LogP contribution in [0.1, 0.15) is 21.5 Å². The molecule has 0 aliphatic carbocycles. The molecule has 0 radical (unpaired) electrons. The van der Waals surface area contributed by atoms with E-state index in [-0.39, 0.29) is 23.4 Å². The number of hydrogen-bond donors (Lipinski definition) is 1. The summed E-state index contributed by atoms with van der Waals surface area (Å²) >= 11 is 0. The topological polar surface area (TPSA) is 95.0 Å². The molecule has 1 amide bonds. The largest absolute Gasteiger partial charge is 0.480 e. The summed E-state index contributed by atoms with van der Waals surface area (Å²) in [6.45, 7) is 0.106. The summed E-state index contributed by atoms with van der Waals surface area (Å²) in [5.74, 6) is -2.19. The summed E-state index contributed by atoms with van der Waals surface area (Å²) in [5.41, 5.74) is 2.25. The summed E-state index contributed by atoms with van der Waals surface area (Å²) in [6.07, 6.45) is 0.560. The van der Waals surface area contributed by atoms with Crippen molar-refractivity contribution in [1.82, 2.24) is 4.90 Å². The van der Waals surface area contributed by atoms with Gasteiger partial charge in [0.2, 0.25) is 0 Å². The number of carbonyl (C=O) groups excluding carboxylic acids is 1. The highest BCUT2D eigenvalue weighted by Crippen LogP contribution is 2.26. The first-order chi connectivity index (χ1) is 19.2. The molecule has 0 saturated heterocycles. The minimum absolute atomic E-state index is 0.0629. The van der Waals surface area contributed by atoms with Crippen LogP contribution in [0.15, 0.2) is 114 Å². The zero-order valence-electron chi connectivity index (χ0n) is 21.9. The van der Waals surface area contributed by atoms with Crippen LogP contribution in [0, 0.1) is 5.82 Å². The van der Waals surface area contributed by atoms with Crippen molar-refractivity contribution < 1.29 is 27.5 Å². The highest BCUT2D eigenvalue weighted by atomic mass is 32.2. The predicted octanol–water partition coefficient (Wildman–Crippen LogP) is 5.03. The summed E-state index contributed by atoms with van der Waals surface area (Å²) in [4.78, 5) is 26.3. The van der Waals surface area contributed by atoms with Gasteiger partial charge in [0.05, 0.1) is 10.6 Å². The van der Waals surface area contributed by atoms with Crippen LogP contribution in [0.3, 0.4) is 0 Å². The van der Waals surface area contributed by atoms with Crippen LogP contribution in [0.4, 0.5) is 10.1 Å². The molecule has 0 heterocycles. The first kappa shape index (κ1) is 28.5. The lowest BCUT2D eigenvalue weighted by Crippen LogP contribution is -2.43. The lowest BCUT2D eigenvalue weighted by atomic mass is 10.0. The third-order valence-corrected chi connectivity index (χ3v) is 8.44. The van der Waals surface area contributed by atoms with E-state index >= 15 is 0 Å². The maximum absolute atomic E-state index is 13.6. The highest BCUT2D eigenvalue weighted by molar-refractivity contribution is 7.92. The maximum Gasteiger partial charge on any atom is 0.326 e. The molecule has 0 saturated carbocycles. The van der Waals surface area contributed by atoms with E-state index in [2.05, 4.69) is 0 Å². The average molecular weight is 561 g/mol. The third-order valence-electron chi connectivity index (χ3n) is 6.60. The van der Waals surface area contributed by atoms with Crippen LogP contribution in [-0.2, 0) is 27.7 Å². The molecule has 0 aromatic heterocycles. The third kappa shape index (κ3) is 6.73. The minimum atomic E-state index is -4.06. The number of sulfonamides is 1. The van der Waals surface area contributed by atoms with Gasteiger partial charge in [-0.2, -0.15) is 0 Å². The molecule has 1 atom stereocenters. The number of hydrogen-bond acceptors (Lipinski definition) is 4. The monoisotopic (exact) mass is 560 g/mol. The number of anilines is 1. The molecule has 9 heteroatoms. The molecule has 4 aromatic rings. The summed E-state index contributed by atoms with van der Waals surface area (Å²) in [5, 5.41) is 9.79. The smallest absolute Gasteiger partial charge is 0.326 e. The predicted molar refractivity (Wildman–Crippen MR) is 151 cm³/mol. The van der Waals surface area contributed by atoms with Crippen molar-refractivity contribution in [2.24, 2.45) is 0 Å². The number of benzene rings is 4. The van der Waals surface area contributed by atoms with E-state index in [1.165, 1.54) is 52.7 Å². The summed E-state index contributed by atoms with van der Waals surface area (Å²) in [6, 6.07) is 27.9. The van der Waals surface area contributed by atoms with Gasteiger partial charge in [0, 0.05) is 25.6 Å². The Labute approximate surface area is 233 Å². The standard InChI is InChI=1S/C31H29FN2O5S/c1-33(29(31(36)37)22-24-10-6-3-7-11-24)30(35)25-12-16-27(17-13-25)34(21-20-23-8-4-2-5-9-23)40(38,39)28-18-14-26(32)15-19-28/h2-19,29H,20-22H2,1H3,(H,36,37)/t29-/m0/s1. The molecule has 206 valence electrons. The van der Waals surface area contributed by atoms with Crippen molar-refractivity contribution in [1.29, 1.82) is 0 Å². The number of nitrogens with zero attached hydrogens (tertiary/aromatic N) is 2. The fourth-order valence-corrected chi connectivity index (χ4v) is 5.81. The van der Waals surface area contributed by atoms with E-state index in [1.54, 1.807) is 24.3 Å². The van der Waals surface area contributed by atoms with Crippen LogP contribution in [0.2, 0.25) is 0 Å². The number of likely N-dealkylation sites (N-methyl/N-ethyl adjacent to an activating group) is 1. The van der Waals surface area contributed by atoms with Gasteiger partial charge in [-0.15, -0.1) is 0 Å². The number of aliphatic carboxylic acids is 1. The van der Waals surface area contributed by atoms with E-state index in [0.29, 0.717) is 12.1 Å². The lowest BCUT2D eigenvalue weighted by molar-refractivity contribution is -0.141. The van der Waals surface area contributed by atoms with Crippen LogP contribution in [0.25, 0.3) is 0 Å². The van der Waals surface area contributed by atoms with Crippen molar-refractivity contribution in [2.75, 3.05) is 17.9 Å². The van der Waals surface area contributed by atoms with Crippen molar-refractivity contribution in [3.8, 4) is 0 Å². The number of carboxylic acid groups (broad SMARTS) is 1. The summed E-state index contributed by atoms with van der Waals surface area (Å²) in [7, 11) is -2.62. The molecular formula is C31H29FN2O5S. The quantitative estimate of drug-likeness (QED) is 0.278. The second-order valence-electron chi connectivity index (χ2n) is 9.27. The number of amides is 1. The molecule has 0 spiro atoms. The van der Waals surface area contributed by atoms with Crippen LogP contribution >= 0.6 is 0 Å². The Hall–Kier alpha value is -4.50. The second-order valence-corrected chi connectivity index (χ2v) is 11.1. The number of carboxylic acids is 1. The molecule has 0 unspecified atom stereocenters. The molecule has 1 N–H and O–H groups in total.